The van der Waals surface area contributed by atoms with Crippen molar-refractivity contribution >= 4 is 83.9 Å². The molecule has 15 rings (SSSR count). The molecule has 0 atom stereocenters. The number of anilines is 2. The predicted octanol–water partition coefficient (Wildman–Crippen LogP) is 17.6. The van der Waals surface area contributed by atoms with Crippen LogP contribution in [-0.2, 0) is 27.1 Å². The van der Waals surface area contributed by atoms with Crippen LogP contribution in [0.4, 0.5) is 11.4 Å². The smallest absolute Gasteiger partial charge is 0.333 e. The lowest BCUT2D eigenvalue weighted by molar-refractivity contribution is 0.331. The van der Waals surface area contributed by atoms with E-state index in [-0.39, 0.29) is 33.9 Å². The van der Waals surface area contributed by atoms with Crippen molar-refractivity contribution in [3.8, 4) is 39.3 Å². The monoisotopic (exact) mass is 962 g/mol. The summed E-state index contributed by atoms with van der Waals surface area (Å²) in [5, 5.41) is 5.83. The summed E-state index contributed by atoms with van der Waals surface area (Å²) < 4.78 is 16.8. The maximum atomic E-state index is 7.36. The van der Waals surface area contributed by atoms with Crippen LogP contribution >= 0.6 is 0 Å². The SMILES string of the molecule is CC(C)(C)c1ccc(N2B3c4cc5cc(-c6ccccc6)oc5cc4-n4c5ccc(C(C)(C)C)cc5c5c6oc7ccccc7c6c(c3c54)-c3cc4c(cc32)C(C)(C)c2cc3c(cc2-4)C(C)(C)CCC3(C)C)cc1. The molecule has 74 heavy (non-hydrogen) atoms. The highest BCUT2D eigenvalue weighted by Gasteiger charge is 2.49. The molecule has 5 heteroatoms. The van der Waals surface area contributed by atoms with Crippen molar-refractivity contribution in [3.63, 3.8) is 0 Å². The van der Waals surface area contributed by atoms with Crippen molar-refractivity contribution in [2.24, 2.45) is 0 Å². The van der Waals surface area contributed by atoms with E-state index < -0.39 is 0 Å². The summed E-state index contributed by atoms with van der Waals surface area (Å²) >= 11 is 0. The van der Waals surface area contributed by atoms with Crippen molar-refractivity contribution < 1.29 is 8.83 Å². The minimum atomic E-state index is -0.242. The molecule has 3 aromatic heterocycles. The first-order chi connectivity index (χ1) is 35.2. The Labute approximate surface area is 435 Å². The van der Waals surface area contributed by atoms with E-state index in [1.807, 2.05) is 0 Å². The molecule has 0 saturated carbocycles. The van der Waals surface area contributed by atoms with Crippen LogP contribution in [0.25, 0.3) is 94.0 Å². The predicted molar refractivity (Wildman–Crippen MR) is 313 cm³/mol. The molecule has 0 N–H and O–H groups in total. The van der Waals surface area contributed by atoms with E-state index in [4.69, 9.17) is 8.83 Å². The zero-order valence-electron chi connectivity index (χ0n) is 45.0. The van der Waals surface area contributed by atoms with Gasteiger partial charge in [-0.2, -0.15) is 0 Å². The van der Waals surface area contributed by atoms with Crippen molar-refractivity contribution in [1.29, 1.82) is 0 Å². The Bertz CT molecular complexity index is 4290. The van der Waals surface area contributed by atoms with E-state index in [0.29, 0.717) is 0 Å². The third-order valence-electron chi connectivity index (χ3n) is 18.5. The zero-order chi connectivity index (χ0) is 50.9. The minimum absolute atomic E-state index is 0.00238. The molecule has 0 fully saturated rings. The molecule has 2 aliphatic heterocycles. The number of fused-ring (bicyclic) bond motifs is 18. The Morgan fingerprint density at radius 3 is 1.92 bits per heavy atom. The van der Waals surface area contributed by atoms with Gasteiger partial charge >= 0.3 is 6.85 Å². The first-order valence-electron chi connectivity index (χ1n) is 27.1. The fourth-order valence-electron chi connectivity index (χ4n) is 14.2. The highest BCUT2D eigenvalue weighted by Crippen LogP contribution is 2.59. The highest BCUT2D eigenvalue weighted by molar-refractivity contribution is 6.94. The van der Waals surface area contributed by atoms with Crippen LogP contribution in [0.5, 0.6) is 0 Å². The van der Waals surface area contributed by atoms with Gasteiger partial charge in [0.05, 0.1) is 16.4 Å². The molecule has 4 nitrogen and oxygen atoms in total. The van der Waals surface area contributed by atoms with Crippen LogP contribution in [0, 0.1) is 0 Å². The number of hydrogen-bond donors (Lipinski definition) is 0. The first-order valence-corrected chi connectivity index (χ1v) is 27.1. The lowest BCUT2D eigenvalue weighted by atomic mass is 9.43. The van der Waals surface area contributed by atoms with Gasteiger partial charge in [0.1, 0.15) is 22.5 Å². The second-order valence-corrected chi connectivity index (χ2v) is 26.4. The molecule has 11 aromatic rings. The van der Waals surface area contributed by atoms with E-state index >= 15 is 0 Å². The van der Waals surface area contributed by atoms with Gasteiger partial charge in [0.2, 0.25) is 0 Å². The van der Waals surface area contributed by atoms with Gasteiger partial charge in [-0.25, -0.2) is 0 Å². The number of rotatable bonds is 2. The molecule has 4 aliphatic rings. The van der Waals surface area contributed by atoms with Gasteiger partial charge in [-0.05, 0) is 150 Å². The van der Waals surface area contributed by atoms with Crippen LogP contribution < -0.4 is 15.7 Å². The van der Waals surface area contributed by atoms with Gasteiger partial charge in [0, 0.05) is 61.2 Å². The molecular weight excluding hydrogens is 900 g/mol. The Balaban J connectivity index is 1.14. The van der Waals surface area contributed by atoms with E-state index in [9.17, 15) is 0 Å². The van der Waals surface area contributed by atoms with E-state index in [1.54, 1.807) is 0 Å². The summed E-state index contributed by atoms with van der Waals surface area (Å²) in [6.45, 7) is 28.5. The third kappa shape index (κ3) is 5.76. The quantitative estimate of drug-likeness (QED) is 0.162. The summed E-state index contributed by atoms with van der Waals surface area (Å²) in [7, 11) is 0. The fraction of sp³-hybridized carbons (Fsp3) is 0.275. The third-order valence-corrected chi connectivity index (χ3v) is 18.5. The van der Waals surface area contributed by atoms with Gasteiger partial charge in [-0.15, -0.1) is 0 Å². The average molecular weight is 963 g/mol. The maximum Gasteiger partial charge on any atom is 0.333 e. The molecule has 0 bridgehead atoms. The van der Waals surface area contributed by atoms with Crippen LogP contribution in [0.3, 0.4) is 0 Å². The standard InChI is InChI=1S/C69H63BN2O2/c1-65(2,3)40-22-25-42(26-23-40)72-54-36-49-44(45-34-50-51(35-48(45)69(49,11)12)68(9,10)29-28-67(50,7)8)33-47(54)59-60-43-20-16-17-21-56(43)74-64(60)61-46-32-41(66(4,5)6)24-27-53(46)71-55-37-58-39(30-52(55)70(72)62(59)63(61)71)31-57(73-58)38-18-14-13-15-19-38/h13-27,30-37H,28-29H2,1-12H3. The molecule has 0 spiro atoms. The molecule has 2 aliphatic carbocycles. The molecule has 0 radical (unpaired) electrons. The number of benzene rings is 8. The van der Waals surface area contributed by atoms with Crippen LogP contribution in [0.2, 0.25) is 0 Å². The number of hydrogen-bond acceptors (Lipinski definition) is 3. The molecule has 8 aromatic carbocycles. The van der Waals surface area contributed by atoms with Crippen LogP contribution in [-0.4, -0.2) is 11.4 Å². The Hall–Kier alpha value is -7.24. The molecule has 0 amide bonds. The van der Waals surface area contributed by atoms with Crippen LogP contribution in [0.1, 0.15) is 129 Å². The average Bonchev–Trinajstić information content (AvgIpc) is 4.14. The largest absolute Gasteiger partial charge is 0.456 e. The van der Waals surface area contributed by atoms with E-state index in [2.05, 4.69) is 232 Å². The van der Waals surface area contributed by atoms with Gasteiger partial charge < -0.3 is 18.2 Å². The first kappa shape index (κ1) is 44.3. The maximum absolute atomic E-state index is 7.36. The zero-order valence-corrected chi connectivity index (χ0v) is 45.0. The molecule has 0 unspecified atom stereocenters. The second-order valence-electron chi connectivity index (χ2n) is 26.4. The lowest BCUT2D eigenvalue weighted by Gasteiger charge is -2.43. The normalized spacial score (nSPS) is 16.8. The Kier molecular flexibility index (Phi) is 8.45. The minimum Gasteiger partial charge on any atom is -0.456 e. The molecule has 364 valence electrons. The number of aromatic nitrogens is 1. The summed E-state index contributed by atoms with van der Waals surface area (Å²) in [6.07, 6.45) is 2.36. The molecular formula is C69H63BN2O2. The number of furan rings is 2. The van der Waals surface area contributed by atoms with Gasteiger partial charge in [-0.1, -0.05) is 162 Å². The highest BCUT2D eigenvalue weighted by atomic mass is 16.3. The van der Waals surface area contributed by atoms with Crippen molar-refractivity contribution in [2.45, 2.75) is 123 Å². The van der Waals surface area contributed by atoms with E-state index in [1.165, 1.54) is 118 Å². The Morgan fingerprint density at radius 1 is 0.527 bits per heavy atom. The number of nitrogens with zero attached hydrogens (tertiary/aromatic N) is 2. The van der Waals surface area contributed by atoms with E-state index in [0.717, 1.165) is 44.5 Å². The summed E-state index contributed by atoms with van der Waals surface area (Å²) in [6, 6.07) is 53.5. The van der Waals surface area contributed by atoms with Gasteiger partial charge in [-0.3, -0.25) is 0 Å². The fourth-order valence-corrected chi connectivity index (χ4v) is 14.2. The van der Waals surface area contributed by atoms with Crippen molar-refractivity contribution in [3.05, 3.63) is 173 Å². The molecule has 5 heterocycles. The van der Waals surface area contributed by atoms with Crippen molar-refractivity contribution in [1.82, 2.24) is 4.57 Å². The van der Waals surface area contributed by atoms with Gasteiger partial charge in [0.15, 0.2) is 0 Å². The summed E-state index contributed by atoms with van der Waals surface area (Å²) in [5.41, 5.74) is 25.9. The lowest BCUT2D eigenvalue weighted by Crippen LogP contribution is -2.60. The Morgan fingerprint density at radius 2 is 1.19 bits per heavy atom. The summed E-state index contributed by atoms with van der Waals surface area (Å²) in [5.74, 6) is 0.872. The number of para-hydroxylation sites is 1. The van der Waals surface area contributed by atoms with Crippen LogP contribution in [0.15, 0.2) is 148 Å². The second kappa shape index (κ2) is 14.1. The summed E-state index contributed by atoms with van der Waals surface area (Å²) in [4.78, 5) is 2.72. The van der Waals surface area contributed by atoms with Gasteiger partial charge in [0.25, 0.3) is 0 Å². The molecule has 0 saturated heterocycles. The van der Waals surface area contributed by atoms with Crippen molar-refractivity contribution in [2.75, 3.05) is 4.81 Å². The topological polar surface area (TPSA) is 34.5 Å².